The van der Waals surface area contributed by atoms with E-state index in [-0.39, 0.29) is 8.80 Å². The molecule has 0 atom stereocenters. The van der Waals surface area contributed by atoms with Crippen LogP contribution in [-0.4, -0.2) is 8.80 Å². The van der Waals surface area contributed by atoms with E-state index >= 15 is 0 Å². The number of nitriles is 1. The lowest BCUT2D eigenvalue weighted by molar-refractivity contribution is 0.418. The van der Waals surface area contributed by atoms with E-state index in [0.29, 0.717) is 0 Å². The molecule has 2 heteroatoms. The number of unbranched alkanes of at least 4 members (excludes halogenated alkanes) is 2. The molecule has 1 aliphatic rings. The van der Waals surface area contributed by atoms with Crippen LogP contribution in [0.3, 0.4) is 0 Å². The number of nitrogens with zero attached hydrogens (tertiary/aromatic N) is 1. The first kappa shape index (κ1) is 18.0. The maximum absolute atomic E-state index is 8.91. The smallest absolute Gasteiger partial charge is 0.0991 e. The summed E-state index contributed by atoms with van der Waals surface area (Å²) in [6.45, 7) is 2.30. The lowest BCUT2D eigenvalue weighted by Crippen LogP contribution is -2.33. The highest BCUT2D eigenvalue weighted by Gasteiger charge is 2.23. The minimum absolute atomic E-state index is 0.340. The molecular weight excluding hydrogens is 318 g/mol. The molecule has 1 nitrogen and oxygen atoms in total. The molecule has 2 aromatic carbocycles. The van der Waals surface area contributed by atoms with Gasteiger partial charge in [0.15, 0.2) is 0 Å². The summed E-state index contributed by atoms with van der Waals surface area (Å²) in [6.07, 6.45) is 8.55. The molecule has 0 unspecified atom stereocenters. The molecule has 1 radical (unpaired) electrons. The van der Waals surface area contributed by atoms with E-state index in [1.54, 1.807) is 5.19 Å². The van der Waals surface area contributed by atoms with Crippen LogP contribution < -0.4 is 5.19 Å². The molecule has 1 aliphatic heterocycles. The number of rotatable bonds is 6. The van der Waals surface area contributed by atoms with Gasteiger partial charge in [0.25, 0.3) is 0 Å². The molecule has 1 fully saturated rings. The highest BCUT2D eigenvalue weighted by molar-refractivity contribution is 6.73. The molecule has 0 saturated carbocycles. The van der Waals surface area contributed by atoms with E-state index < -0.39 is 0 Å². The first-order chi connectivity index (χ1) is 12.3. The molecule has 0 spiro atoms. The summed E-state index contributed by atoms with van der Waals surface area (Å²) in [6, 6.07) is 22.2. The van der Waals surface area contributed by atoms with Crippen molar-refractivity contribution in [2.75, 3.05) is 0 Å². The third-order valence-electron chi connectivity index (χ3n) is 5.57. The fourth-order valence-corrected chi connectivity index (χ4v) is 6.90. The molecule has 0 aliphatic carbocycles. The van der Waals surface area contributed by atoms with Gasteiger partial charge in [0, 0.05) is 0 Å². The third-order valence-corrected chi connectivity index (χ3v) is 8.50. The zero-order chi connectivity index (χ0) is 17.5. The Labute approximate surface area is 154 Å². The normalized spacial score (nSPS) is 15.8. The Balaban J connectivity index is 1.57. The third kappa shape index (κ3) is 4.83. The fraction of sp³-hybridized carbons (Fsp3) is 0.435. The van der Waals surface area contributed by atoms with Gasteiger partial charge >= 0.3 is 0 Å². The zero-order valence-corrected chi connectivity index (χ0v) is 16.3. The van der Waals surface area contributed by atoms with E-state index in [1.807, 2.05) is 24.3 Å². The van der Waals surface area contributed by atoms with Gasteiger partial charge in [0.05, 0.1) is 20.4 Å². The molecule has 0 bridgehead atoms. The summed E-state index contributed by atoms with van der Waals surface area (Å²) in [5, 5.41) is 10.5. The molecule has 129 valence electrons. The summed E-state index contributed by atoms with van der Waals surface area (Å²) in [4.78, 5) is 0. The van der Waals surface area contributed by atoms with Crippen LogP contribution in [0.15, 0.2) is 48.5 Å². The quantitative estimate of drug-likeness (QED) is 0.470. The summed E-state index contributed by atoms with van der Waals surface area (Å²) >= 11 is 0. The minimum atomic E-state index is -0.340. The maximum Gasteiger partial charge on any atom is 0.0991 e. The van der Waals surface area contributed by atoms with Crippen molar-refractivity contribution >= 4 is 14.0 Å². The maximum atomic E-state index is 8.91. The van der Waals surface area contributed by atoms with Crippen LogP contribution in [0.1, 0.15) is 51.0 Å². The first-order valence-electron chi connectivity index (χ1n) is 9.76. The molecule has 1 heterocycles. The summed E-state index contributed by atoms with van der Waals surface area (Å²) in [7, 11) is -0.340. The van der Waals surface area contributed by atoms with E-state index in [2.05, 4.69) is 37.3 Å². The average Bonchev–Trinajstić information content (AvgIpc) is 2.69. The lowest BCUT2D eigenvalue weighted by Gasteiger charge is -2.27. The Morgan fingerprint density at radius 1 is 0.920 bits per heavy atom. The average molecular weight is 347 g/mol. The van der Waals surface area contributed by atoms with Crippen LogP contribution in [0.4, 0.5) is 0 Å². The lowest BCUT2D eigenvalue weighted by atomic mass is 9.96. The topological polar surface area (TPSA) is 23.8 Å². The Morgan fingerprint density at radius 2 is 1.52 bits per heavy atom. The fourth-order valence-electron chi connectivity index (χ4n) is 3.92. The van der Waals surface area contributed by atoms with Crippen LogP contribution in [-0.2, 0) is 0 Å². The number of hydrogen-bond acceptors (Lipinski definition) is 1. The van der Waals surface area contributed by atoms with Crippen molar-refractivity contribution in [1.29, 1.82) is 5.26 Å². The molecular formula is C23H28NSi. The molecule has 3 rings (SSSR count). The van der Waals surface area contributed by atoms with Crippen molar-refractivity contribution in [2.24, 2.45) is 5.92 Å². The molecule has 1 saturated heterocycles. The van der Waals surface area contributed by atoms with Crippen molar-refractivity contribution in [2.45, 2.75) is 57.5 Å². The van der Waals surface area contributed by atoms with Crippen molar-refractivity contribution in [3.8, 4) is 17.2 Å². The predicted octanol–water partition coefficient (Wildman–Crippen LogP) is 5.92. The molecule has 0 N–H and O–H groups in total. The molecule has 0 amide bonds. The second-order valence-corrected chi connectivity index (χ2v) is 10.1. The van der Waals surface area contributed by atoms with Crippen LogP contribution >= 0.6 is 0 Å². The Bertz CT molecular complexity index is 688. The monoisotopic (exact) mass is 346 g/mol. The standard InChI is InChI=1S/C23H28NSi/c1-2-3-4-5-19-14-16-25(17-15-19)23-12-10-22(11-13-23)21-8-6-20(18-24)7-9-21/h6-13,19H,2-5,14-17H2,1H3. The first-order valence-corrected chi connectivity index (χ1v) is 11.7. The van der Waals surface area contributed by atoms with Crippen LogP contribution in [0.25, 0.3) is 11.1 Å². The van der Waals surface area contributed by atoms with Crippen molar-refractivity contribution < 1.29 is 0 Å². The van der Waals surface area contributed by atoms with Gasteiger partial charge < -0.3 is 0 Å². The predicted molar refractivity (Wildman–Crippen MR) is 108 cm³/mol. The van der Waals surface area contributed by atoms with Crippen LogP contribution in [0.2, 0.25) is 12.1 Å². The highest BCUT2D eigenvalue weighted by Crippen LogP contribution is 2.29. The largest absolute Gasteiger partial charge is 0.192 e. The number of benzene rings is 2. The van der Waals surface area contributed by atoms with E-state index in [0.717, 1.165) is 11.5 Å². The van der Waals surface area contributed by atoms with Gasteiger partial charge in [-0.05, 0) is 29.2 Å². The Hall–Kier alpha value is -1.85. The van der Waals surface area contributed by atoms with Gasteiger partial charge in [0.1, 0.15) is 0 Å². The van der Waals surface area contributed by atoms with E-state index in [4.69, 9.17) is 5.26 Å². The minimum Gasteiger partial charge on any atom is -0.192 e. The van der Waals surface area contributed by atoms with Crippen molar-refractivity contribution in [3.63, 3.8) is 0 Å². The second kappa shape index (κ2) is 9.01. The second-order valence-electron chi connectivity index (χ2n) is 7.31. The van der Waals surface area contributed by atoms with Crippen molar-refractivity contribution in [1.82, 2.24) is 0 Å². The summed E-state index contributed by atoms with van der Waals surface area (Å²) < 4.78 is 0. The van der Waals surface area contributed by atoms with Crippen LogP contribution in [0, 0.1) is 17.2 Å². The summed E-state index contributed by atoms with van der Waals surface area (Å²) in [5.41, 5.74) is 3.17. The Kier molecular flexibility index (Phi) is 6.47. The zero-order valence-electron chi connectivity index (χ0n) is 15.3. The van der Waals surface area contributed by atoms with Gasteiger partial charge in [-0.3, -0.25) is 0 Å². The van der Waals surface area contributed by atoms with Gasteiger partial charge in [0.2, 0.25) is 0 Å². The SMILES string of the molecule is CCCCCC1CC[Si](c2ccc(-c3ccc(C#N)cc3)cc2)CC1. The Morgan fingerprint density at radius 3 is 2.08 bits per heavy atom. The van der Waals surface area contributed by atoms with E-state index in [1.165, 1.54) is 61.7 Å². The van der Waals surface area contributed by atoms with Gasteiger partial charge in [-0.1, -0.05) is 99.1 Å². The van der Waals surface area contributed by atoms with Gasteiger partial charge in [-0.25, -0.2) is 0 Å². The molecule has 25 heavy (non-hydrogen) atoms. The van der Waals surface area contributed by atoms with Crippen molar-refractivity contribution in [3.05, 3.63) is 54.1 Å². The van der Waals surface area contributed by atoms with Gasteiger partial charge in [-0.2, -0.15) is 5.26 Å². The molecule has 2 aromatic rings. The van der Waals surface area contributed by atoms with Gasteiger partial charge in [-0.15, -0.1) is 0 Å². The molecule has 0 aromatic heterocycles. The van der Waals surface area contributed by atoms with E-state index in [9.17, 15) is 0 Å². The summed E-state index contributed by atoms with van der Waals surface area (Å²) in [5.74, 6) is 0.998. The van der Waals surface area contributed by atoms with Crippen LogP contribution in [0.5, 0.6) is 0 Å². The number of hydrogen-bond donors (Lipinski definition) is 0. The highest BCUT2D eigenvalue weighted by atomic mass is 28.3.